The molecule has 0 spiro atoms. The number of nitrogens with one attached hydrogen (secondary N) is 1. The molecule has 0 saturated heterocycles. The molecular formula is C18H22N6O. The third-order valence-electron chi connectivity index (χ3n) is 3.92. The van der Waals surface area contributed by atoms with E-state index >= 15 is 0 Å². The van der Waals surface area contributed by atoms with Gasteiger partial charge in [0.2, 0.25) is 0 Å². The Kier molecular flexibility index (Phi) is 5.23. The third kappa shape index (κ3) is 3.93. The van der Waals surface area contributed by atoms with E-state index in [9.17, 15) is 0 Å². The Hall–Kier alpha value is -2.96. The van der Waals surface area contributed by atoms with Crippen molar-refractivity contribution in [1.82, 2.24) is 20.1 Å². The first kappa shape index (κ1) is 16.9. The van der Waals surface area contributed by atoms with Crippen molar-refractivity contribution >= 4 is 11.6 Å². The van der Waals surface area contributed by atoms with Gasteiger partial charge in [0.05, 0.1) is 5.56 Å². The van der Waals surface area contributed by atoms with E-state index in [0.29, 0.717) is 24.1 Å². The van der Waals surface area contributed by atoms with Crippen molar-refractivity contribution in [2.75, 3.05) is 23.3 Å². The predicted octanol–water partition coefficient (Wildman–Crippen LogP) is 3.29. The molecule has 0 saturated carbocycles. The Bertz CT molecular complexity index is 810. The van der Waals surface area contributed by atoms with Gasteiger partial charge in [0, 0.05) is 32.0 Å². The van der Waals surface area contributed by atoms with Crippen LogP contribution in [0.15, 0.2) is 41.2 Å². The highest BCUT2D eigenvalue weighted by Crippen LogP contribution is 2.24. The summed E-state index contributed by atoms with van der Waals surface area (Å²) in [6.45, 7) is 8.55. The molecule has 0 fully saturated rings. The summed E-state index contributed by atoms with van der Waals surface area (Å²) < 4.78 is 5.25. The minimum absolute atomic E-state index is 0.461. The standard InChI is InChI=1S/C18H22N6O/c1-4-24(5-2)16-9-8-14(11-20-16)12-21-17-15(7-6-10-19-17)18-22-13(3)23-25-18/h6-11H,4-5,12H2,1-3H3,(H,19,21). The first-order valence-electron chi connectivity index (χ1n) is 8.40. The monoisotopic (exact) mass is 338 g/mol. The van der Waals surface area contributed by atoms with Crippen molar-refractivity contribution in [2.45, 2.75) is 27.3 Å². The quantitative estimate of drug-likeness (QED) is 0.708. The Morgan fingerprint density at radius 2 is 1.96 bits per heavy atom. The van der Waals surface area contributed by atoms with Crippen LogP contribution in [-0.4, -0.2) is 33.2 Å². The van der Waals surface area contributed by atoms with Gasteiger partial charge < -0.3 is 14.7 Å². The molecule has 3 aromatic heterocycles. The number of pyridine rings is 2. The van der Waals surface area contributed by atoms with Gasteiger partial charge in [-0.1, -0.05) is 11.2 Å². The molecule has 3 aromatic rings. The van der Waals surface area contributed by atoms with Gasteiger partial charge in [-0.3, -0.25) is 0 Å². The van der Waals surface area contributed by atoms with Gasteiger partial charge in [-0.2, -0.15) is 4.98 Å². The van der Waals surface area contributed by atoms with Crippen LogP contribution in [-0.2, 0) is 6.54 Å². The summed E-state index contributed by atoms with van der Waals surface area (Å²) in [4.78, 5) is 15.4. The van der Waals surface area contributed by atoms with Crippen LogP contribution in [0.3, 0.4) is 0 Å². The highest BCUT2D eigenvalue weighted by molar-refractivity contribution is 5.68. The molecule has 0 aromatic carbocycles. The van der Waals surface area contributed by atoms with Gasteiger partial charge >= 0.3 is 0 Å². The average Bonchev–Trinajstić information content (AvgIpc) is 3.08. The Balaban J connectivity index is 1.72. The zero-order valence-corrected chi connectivity index (χ0v) is 14.7. The van der Waals surface area contributed by atoms with Crippen molar-refractivity contribution in [2.24, 2.45) is 0 Å². The van der Waals surface area contributed by atoms with E-state index in [1.54, 1.807) is 13.1 Å². The highest BCUT2D eigenvalue weighted by Gasteiger charge is 2.12. The van der Waals surface area contributed by atoms with E-state index in [4.69, 9.17) is 4.52 Å². The summed E-state index contributed by atoms with van der Waals surface area (Å²) in [5, 5.41) is 7.16. The van der Waals surface area contributed by atoms with Crippen molar-refractivity contribution in [1.29, 1.82) is 0 Å². The number of hydrogen-bond donors (Lipinski definition) is 1. The molecule has 7 heteroatoms. The lowest BCUT2D eigenvalue weighted by Crippen LogP contribution is -2.22. The molecule has 0 aliphatic heterocycles. The molecule has 0 unspecified atom stereocenters. The van der Waals surface area contributed by atoms with Gasteiger partial charge in [-0.25, -0.2) is 9.97 Å². The van der Waals surface area contributed by atoms with Crippen LogP contribution in [0.1, 0.15) is 25.2 Å². The van der Waals surface area contributed by atoms with Crippen LogP contribution in [0.25, 0.3) is 11.5 Å². The van der Waals surface area contributed by atoms with Crippen molar-refractivity contribution in [3.63, 3.8) is 0 Å². The third-order valence-corrected chi connectivity index (χ3v) is 3.92. The topological polar surface area (TPSA) is 80.0 Å². The second-order valence-electron chi connectivity index (χ2n) is 5.60. The molecule has 1 N–H and O–H groups in total. The van der Waals surface area contributed by atoms with Crippen LogP contribution in [0.5, 0.6) is 0 Å². The largest absolute Gasteiger partial charge is 0.365 e. The van der Waals surface area contributed by atoms with Gasteiger partial charge in [0.1, 0.15) is 11.6 Å². The Morgan fingerprint density at radius 3 is 2.60 bits per heavy atom. The normalized spacial score (nSPS) is 10.7. The Morgan fingerprint density at radius 1 is 1.12 bits per heavy atom. The molecule has 3 rings (SSSR count). The fraction of sp³-hybridized carbons (Fsp3) is 0.333. The lowest BCUT2D eigenvalue weighted by Gasteiger charge is -2.19. The molecule has 0 amide bonds. The number of anilines is 2. The van der Waals surface area contributed by atoms with E-state index in [-0.39, 0.29) is 0 Å². The summed E-state index contributed by atoms with van der Waals surface area (Å²) in [5.74, 6) is 2.76. The van der Waals surface area contributed by atoms with Gasteiger partial charge in [0.25, 0.3) is 5.89 Å². The van der Waals surface area contributed by atoms with E-state index in [2.05, 4.69) is 50.2 Å². The van der Waals surface area contributed by atoms with Gasteiger partial charge in [-0.15, -0.1) is 0 Å². The highest BCUT2D eigenvalue weighted by atomic mass is 16.5. The van der Waals surface area contributed by atoms with Crippen molar-refractivity contribution < 1.29 is 4.52 Å². The molecule has 0 atom stereocenters. The molecule has 25 heavy (non-hydrogen) atoms. The summed E-state index contributed by atoms with van der Waals surface area (Å²) in [7, 11) is 0. The molecule has 7 nitrogen and oxygen atoms in total. The number of hydrogen-bond acceptors (Lipinski definition) is 7. The molecule has 0 bridgehead atoms. The minimum atomic E-state index is 0.461. The number of rotatable bonds is 7. The smallest absolute Gasteiger partial charge is 0.261 e. The van der Waals surface area contributed by atoms with Crippen LogP contribution in [0, 0.1) is 6.92 Å². The first-order valence-corrected chi connectivity index (χ1v) is 8.40. The van der Waals surface area contributed by atoms with Crippen LogP contribution in [0.4, 0.5) is 11.6 Å². The van der Waals surface area contributed by atoms with Gasteiger partial charge in [0.15, 0.2) is 5.82 Å². The fourth-order valence-corrected chi connectivity index (χ4v) is 2.57. The molecule has 0 radical (unpaired) electrons. The maximum Gasteiger partial charge on any atom is 0.261 e. The number of nitrogens with zero attached hydrogens (tertiary/aromatic N) is 5. The predicted molar refractivity (Wildman–Crippen MR) is 97.4 cm³/mol. The molecular weight excluding hydrogens is 316 g/mol. The van der Waals surface area contributed by atoms with E-state index < -0.39 is 0 Å². The van der Waals surface area contributed by atoms with Crippen LogP contribution >= 0.6 is 0 Å². The summed E-state index contributed by atoms with van der Waals surface area (Å²) >= 11 is 0. The summed E-state index contributed by atoms with van der Waals surface area (Å²) in [6.07, 6.45) is 3.62. The molecule has 0 aliphatic rings. The second kappa shape index (κ2) is 7.74. The lowest BCUT2D eigenvalue weighted by atomic mass is 10.2. The second-order valence-corrected chi connectivity index (χ2v) is 5.60. The SMILES string of the molecule is CCN(CC)c1ccc(CNc2ncccc2-c2nc(C)no2)cn1. The van der Waals surface area contributed by atoms with E-state index in [1.807, 2.05) is 24.4 Å². The number of aromatic nitrogens is 4. The van der Waals surface area contributed by atoms with Gasteiger partial charge in [-0.05, 0) is 44.5 Å². The molecule has 3 heterocycles. The zero-order chi connectivity index (χ0) is 17.6. The molecule has 130 valence electrons. The number of aryl methyl sites for hydroxylation is 1. The zero-order valence-electron chi connectivity index (χ0n) is 14.7. The lowest BCUT2D eigenvalue weighted by molar-refractivity contribution is 0.425. The maximum absolute atomic E-state index is 5.25. The fourth-order valence-electron chi connectivity index (χ4n) is 2.57. The first-order chi connectivity index (χ1) is 12.2. The van der Waals surface area contributed by atoms with Crippen molar-refractivity contribution in [3.8, 4) is 11.5 Å². The minimum Gasteiger partial charge on any atom is -0.365 e. The van der Waals surface area contributed by atoms with E-state index in [1.165, 1.54) is 0 Å². The van der Waals surface area contributed by atoms with Crippen LogP contribution in [0.2, 0.25) is 0 Å². The molecule has 0 aliphatic carbocycles. The maximum atomic E-state index is 5.25. The summed E-state index contributed by atoms with van der Waals surface area (Å²) in [6, 6.07) is 7.88. The summed E-state index contributed by atoms with van der Waals surface area (Å²) in [5.41, 5.74) is 1.87. The van der Waals surface area contributed by atoms with E-state index in [0.717, 1.165) is 30.0 Å². The average molecular weight is 338 g/mol. The van der Waals surface area contributed by atoms with Crippen LogP contribution < -0.4 is 10.2 Å². The van der Waals surface area contributed by atoms with Crippen molar-refractivity contribution in [3.05, 3.63) is 48.0 Å². The Labute approximate surface area is 147 Å².